The van der Waals surface area contributed by atoms with Gasteiger partial charge in [0.05, 0.1) is 6.54 Å². The van der Waals surface area contributed by atoms with E-state index in [0.717, 1.165) is 19.3 Å². The summed E-state index contributed by atoms with van der Waals surface area (Å²) in [5, 5.41) is 3.07. The van der Waals surface area contributed by atoms with Crippen molar-refractivity contribution in [1.82, 2.24) is 10.2 Å². The van der Waals surface area contributed by atoms with Crippen molar-refractivity contribution in [3.63, 3.8) is 0 Å². The van der Waals surface area contributed by atoms with Crippen molar-refractivity contribution in [2.45, 2.75) is 38.6 Å². The van der Waals surface area contributed by atoms with E-state index in [2.05, 4.69) is 66.7 Å². The molecule has 3 nitrogen and oxygen atoms in total. The van der Waals surface area contributed by atoms with Crippen LogP contribution in [0.1, 0.15) is 41.1 Å². The number of hydrogen-bond donors (Lipinski definition) is 1. The van der Waals surface area contributed by atoms with Crippen LogP contribution >= 0.6 is 0 Å². The zero-order chi connectivity index (χ0) is 17.6. The molecule has 1 atom stereocenters. The van der Waals surface area contributed by atoms with Crippen LogP contribution < -0.4 is 5.32 Å². The van der Waals surface area contributed by atoms with Crippen LogP contribution in [0.15, 0.2) is 48.5 Å². The first kappa shape index (κ1) is 17.7. The zero-order valence-corrected chi connectivity index (χ0v) is 15.3. The molecule has 1 aliphatic rings. The summed E-state index contributed by atoms with van der Waals surface area (Å²) in [7, 11) is 2.06. The van der Waals surface area contributed by atoms with Crippen LogP contribution in [0.5, 0.6) is 0 Å². The van der Waals surface area contributed by atoms with E-state index >= 15 is 0 Å². The van der Waals surface area contributed by atoms with Gasteiger partial charge in [-0.2, -0.15) is 0 Å². The van der Waals surface area contributed by atoms with E-state index in [1.165, 1.54) is 28.7 Å². The second kappa shape index (κ2) is 8.30. The maximum Gasteiger partial charge on any atom is 0.234 e. The Morgan fingerprint density at radius 3 is 2.76 bits per heavy atom. The van der Waals surface area contributed by atoms with Crippen LogP contribution in [-0.2, 0) is 17.6 Å². The fourth-order valence-corrected chi connectivity index (χ4v) is 3.81. The molecule has 0 bridgehead atoms. The van der Waals surface area contributed by atoms with Crippen LogP contribution in [0.3, 0.4) is 0 Å². The third kappa shape index (κ3) is 4.49. The minimum absolute atomic E-state index is 0.110. The number of nitrogens with zero attached hydrogens (tertiary/aromatic N) is 1. The van der Waals surface area contributed by atoms with E-state index in [-0.39, 0.29) is 5.91 Å². The van der Waals surface area contributed by atoms with Gasteiger partial charge in [0.2, 0.25) is 5.91 Å². The highest BCUT2D eigenvalue weighted by atomic mass is 16.2. The lowest BCUT2D eigenvalue weighted by atomic mass is 9.87. The number of amides is 1. The van der Waals surface area contributed by atoms with Gasteiger partial charge in [-0.1, -0.05) is 48.5 Å². The van der Waals surface area contributed by atoms with Gasteiger partial charge in [-0.05, 0) is 61.9 Å². The molecule has 2 aromatic rings. The Labute approximate surface area is 151 Å². The Hall–Kier alpha value is -2.13. The average molecular weight is 336 g/mol. The summed E-state index contributed by atoms with van der Waals surface area (Å²) in [6.45, 7) is 3.26. The molecule has 3 heteroatoms. The van der Waals surface area contributed by atoms with Gasteiger partial charge in [0.15, 0.2) is 0 Å². The molecular weight excluding hydrogens is 308 g/mol. The van der Waals surface area contributed by atoms with Gasteiger partial charge in [-0.25, -0.2) is 0 Å². The first-order chi connectivity index (χ1) is 12.1. The molecule has 0 aromatic heterocycles. The maximum absolute atomic E-state index is 12.3. The monoisotopic (exact) mass is 336 g/mol. The van der Waals surface area contributed by atoms with Crippen LogP contribution in [0.2, 0.25) is 0 Å². The van der Waals surface area contributed by atoms with E-state index in [1.54, 1.807) is 0 Å². The van der Waals surface area contributed by atoms with Crippen molar-refractivity contribution < 1.29 is 4.79 Å². The lowest BCUT2D eigenvalue weighted by Crippen LogP contribution is -2.38. The highest BCUT2D eigenvalue weighted by Crippen LogP contribution is 2.33. The fraction of sp³-hybridized carbons (Fsp3) is 0.409. The first-order valence-corrected chi connectivity index (χ1v) is 9.24. The molecule has 2 aromatic carbocycles. The predicted molar refractivity (Wildman–Crippen MR) is 103 cm³/mol. The number of rotatable bonds is 6. The Morgan fingerprint density at radius 2 is 1.92 bits per heavy atom. The van der Waals surface area contributed by atoms with Crippen molar-refractivity contribution in [1.29, 1.82) is 0 Å². The largest absolute Gasteiger partial charge is 0.355 e. The number of carbonyl (C=O) groups is 1. The number of likely N-dealkylation sites (N-methyl/N-ethyl adjacent to an activating group) is 1. The first-order valence-electron chi connectivity index (χ1n) is 9.24. The minimum atomic E-state index is 0.110. The molecule has 0 heterocycles. The SMILES string of the molecule is Cc1ccccc1CCNC(=O)CN(C)[C@@H]1CCCc2ccccc21. The van der Waals surface area contributed by atoms with Gasteiger partial charge in [-0.3, -0.25) is 9.69 Å². The van der Waals surface area contributed by atoms with Crippen molar-refractivity contribution >= 4 is 5.91 Å². The van der Waals surface area contributed by atoms with Crippen LogP contribution in [-0.4, -0.2) is 30.9 Å². The summed E-state index contributed by atoms with van der Waals surface area (Å²) in [5.41, 5.74) is 5.42. The molecule has 0 radical (unpaired) electrons. The quantitative estimate of drug-likeness (QED) is 0.873. The highest BCUT2D eigenvalue weighted by molar-refractivity contribution is 5.78. The number of nitrogens with one attached hydrogen (secondary N) is 1. The third-order valence-electron chi connectivity index (χ3n) is 5.24. The van der Waals surface area contributed by atoms with Gasteiger partial charge in [-0.15, -0.1) is 0 Å². The topological polar surface area (TPSA) is 32.3 Å². The normalized spacial score (nSPS) is 16.5. The maximum atomic E-state index is 12.3. The Bertz CT molecular complexity index is 725. The van der Waals surface area contributed by atoms with Gasteiger partial charge >= 0.3 is 0 Å². The second-order valence-corrected chi connectivity index (χ2v) is 7.05. The smallest absolute Gasteiger partial charge is 0.234 e. The number of benzene rings is 2. The lowest BCUT2D eigenvalue weighted by molar-refractivity contribution is -0.122. The van der Waals surface area contributed by atoms with E-state index < -0.39 is 0 Å². The van der Waals surface area contributed by atoms with Gasteiger partial charge in [0, 0.05) is 12.6 Å². The van der Waals surface area contributed by atoms with E-state index in [0.29, 0.717) is 19.1 Å². The van der Waals surface area contributed by atoms with Crippen LogP contribution in [0.4, 0.5) is 0 Å². The highest BCUT2D eigenvalue weighted by Gasteiger charge is 2.24. The predicted octanol–water partition coefficient (Wildman–Crippen LogP) is 3.66. The molecule has 0 aliphatic heterocycles. The molecule has 0 unspecified atom stereocenters. The summed E-state index contributed by atoms with van der Waals surface area (Å²) in [6, 6.07) is 17.4. The van der Waals surface area contributed by atoms with Crippen molar-refractivity contribution in [2.75, 3.05) is 20.1 Å². The van der Waals surface area contributed by atoms with Crippen LogP contribution in [0.25, 0.3) is 0 Å². The Morgan fingerprint density at radius 1 is 1.16 bits per heavy atom. The van der Waals surface area contributed by atoms with Crippen molar-refractivity contribution in [3.8, 4) is 0 Å². The van der Waals surface area contributed by atoms with E-state index in [9.17, 15) is 4.79 Å². The molecule has 0 saturated heterocycles. The van der Waals surface area contributed by atoms with Gasteiger partial charge < -0.3 is 5.32 Å². The molecule has 0 fully saturated rings. The summed E-state index contributed by atoms with van der Waals surface area (Å²) >= 11 is 0. The van der Waals surface area contributed by atoms with E-state index in [4.69, 9.17) is 0 Å². The van der Waals surface area contributed by atoms with Crippen LogP contribution in [0, 0.1) is 6.92 Å². The molecule has 25 heavy (non-hydrogen) atoms. The lowest BCUT2D eigenvalue weighted by Gasteiger charge is -2.32. The third-order valence-corrected chi connectivity index (χ3v) is 5.24. The molecule has 0 spiro atoms. The summed E-state index contributed by atoms with van der Waals surface area (Å²) in [6.07, 6.45) is 4.36. The molecule has 3 rings (SSSR count). The fourth-order valence-electron chi connectivity index (χ4n) is 3.81. The van der Waals surface area contributed by atoms with E-state index in [1.807, 2.05) is 6.07 Å². The zero-order valence-electron chi connectivity index (χ0n) is 15.3. The molecule has 1 N–H and O–H groups in total. The standard InChI is InChI=1S/C22H28N2O/c1-17-8-3-4-9-18(17)14-15-23-22(25)16-24(2)21-13-7-11-19-10-5-6-12-20(19)21/h3-6,8-10,12,21H,7,11,13-16H2,1-2H3,(H,23,25)/t21-/m1/s1. The molecule has 132 valence electrons. The molecule has 1 amide bonds. The van der Waals surface area contributed by atoms with Crippen molar-refractivity contribution in [2.24, 2.45) is 0 Å². The van der Waals surface area contributed by atoms with Crippen molar-refractivity contribution in [3.05, 3.63) is 70.8 Å². The Kier molecular flexibility index (Phi) is 5.87. The number of aryl methyl sites for hydroxylation is 2. The summed E-state index contributed by atoms with van der Waals surface area (Å²) < 4.78 is 0. The average Bonchev–Trinajstić information content (AvgIpc) is 2.62. The summed E-state index contributed by atoms with van der Waals surface area (Å²) in [5.74, 6) is 0.110. The van der Waals surface area contributed by atoms with Gasteiger partial charge in [0.1, 0.15) is 0 Å². The molecule has 0 saturated carbocycles. The van der Waals surface area contributed by atoms with Gasteiger partial charge in [0.25, 0.3) is 0 Å². The second-order valence-electron chi connectivity index (χ2n) is 7.05. The Balaban J connectivity index is 1.51. The molecule has 1 aliphatic carbocycles. The number of carbonyl (C=O) groups excluding carboxylic acids is 1. The molecular formula is C22H28N2O. The number of hydrogen-bond acceptors (Lipinski definition) is 2. The minimum Gasteiger partial charge on any atom is -0.355 e. The summed E-state index contributed by atoms with van der Waals surface area (Å²) in [4.78, 5) is 14.5. The number of fused-ring (bicyclic) bond motifs is 1.